The number of carbonyl (C=O) groups excluding carboxylic acids is 3. The predicted molar refractivity (Wildman–Crippen MR) is 113 cm³/mol. The van der Waals surface area contributed by atoms with Crippen molar-refractivity contribution >= 4 is 29.2 Å². The molecule has 9 heteroatoms. The SMILES string of the molecule is NC(=O)[C@H]1CC(C(=O)N2CCN(C(=O)N3CCCCC3)CC2)=NN1c1ccccc1. The lowest BCUT2D eigenvalue weighted by atomic mass is 10.1. The molecule has 1 aromatic carbocycles. The van der Waals surface area contributed by atoms with E-state index >= 15 is 0 Å². The number of hydrazone groups is 1. The third-order valence-corrected chi connectivity index (χ3v) is 5.97. The summed E-state index contributed by atoms with van der Waals surface area (Å²) in [6.45, 7) is 3.58. The maximum atomic E-state index is 13.0. The number of nitrogens with zero attached hydrogens (tertiary/aromatic N) is 5. The Hall–Kier alpha value is -3.10. The molecule has 3 heterocycles. The molecule has 0 radical (unpaired) electrons. The highest BCUT2D eigenvalue weighted by Crippen LogP contribution is 2.25. The second kappa shape index (κ2) is 8.73. The topological polar surface area (TPSA) is 103 Å². The van der Waals surface area contributed by atoms with E-state index in [1.807, 2.05) is 40.1 Å². The van der Waals surface area contributed by atoms with Crippen LogP contribution in [0, 0.1) is 0 Å². The van der Waals surface area contributed by atoms with Crippen molar-refractivity contribution in [3.8, 4) is 0 Å². The summed E-state index contributed by atoms with van der Waals surface area (Å²) in [5.74, 6) is -0.702. The molecule has 30 heavy (non-hydrogen) atoms. The Bertz CT molecular complexity index is 828. The number of amides is 4. The molecule has 3 aliphatic rings. The lowest BCUT2D eigenvalue weighted by Gasteiger charge is -2.38. The number of hydrogen-bond acceptors (Lipinski definition) is 5. The van der Waals surface area contributed by atoms with E-state index in [9.17, 15) is 14.4 Å². The molecule has 2 saturated heterocycles. The fourth-order valence-corrected chi connectivity index (χ4v) is 4.25. The number of piperazine rings is 1. The van der Waals surface area contributed by atoms with Gasteiger partial charge in [0, 0.05) is 45.7 Å². The summed E-state index contributed by atoms with van der Waals surface area (Å²) in [4.78, 5) is 43.1. The molecule has 0 spiro atoms. The second-order valence-corrected chi connectivity index (χ2v) is 7.96. The van der Waals surface area contributed by atoms with E-state index in [1.54, 1.807) is 4.90 Å². The zero-order chi connectivity index (χ0) is 21.1. The first-order valence-electron chi connectivity index (χ1n) is 10.6. The summed E-state index contributed by atoms with van der Waals surface area (Å²) in [5.41, 5.74) is 6.62. The monoisotopic (exact) mass is 412 g/mol. The summed E-state index contributed by atoms with van der Waals surface area (Å²) in [6, 6.07) is 8.63. The van der Waals surface area contributed by atoms with Crippen LogP contribution >= 0.6 is 0 Å². The molecule has 0 bridgehead atoms. The van der Waals surface area contributed by atoms with Crippen LogP contribution in [0.2, 0.25) is 0 Å². The van der Waals surface area contributed by atoms with Crippen LogP contribution in [0.3, 0.4) is 0 Å². The van der Waals surface area contributed by atoms with Crippen LogP contribution in [-0.4, -0.2) is 83.6 Å². The number of piperidine rings is 1. The standard InChI is InChI=1S/C21H28N6O3/c22-19(28)18-15-17(23-27(18)16-7-3-1-4-8-16)20(29)24-11-13-26(14-12-24)21(30)25-9-5-2-6-10-25/h1,3-4,7-8,18H,2,5-6,9-15H2,(H2,22,28)/t18-/m1/s1. The van der Waals surface area contributed by atoms with Gasteiger partial charge in [-0.2, -0.15) is 5.10 Å². The van der Waals surface area contributed by atoms with E-state index in [0.29, 0.717) is 31.9 Å². The zero-order valence-corrected chi connectivity index (χ0v) is 17.1. The predicted octanol–water partition coefficient (Wildman–Crippen LogP) is 0.857. The smallest absolute Gasteiger partial charge is 0.320 e. The lowest BCUT2D eigenvalue weighted by molar-refractivity contribution is -0.125. The molecule has 160 valence electrons. The van der Waals surface area contributed by atoms with Crippen LogP contribution in [0.4, 0.5) is 10.5 Å². The van der Waals surface area contributed by atoms with Crippen LogP contribution in [0.1, 0.15) is 25.7 Å². The molecule has 0 aliphatic carbocycles. The average Bonchev–Trinajstić information content (AvgIpc) is 3.25. The van der Waals surface area contributed by atoms with Gasteiger partial charge in [0.2, 0.25) is 5.91 Å². The summed E-state index contributed by atoms with van der Waals surface area (Å²) in [6.07, 6.45) is 3.49. The molecule has 0 aromatic heterocycles. The highest BCUT2D eigenvalue weighted by Gasteiger charge is 2.37. The highest BCUT2D eigenvalue weighted by atomic mass is 16.2. The lowest BCUT2D eigenvalue weighted by Crippen LogP contribution is -2.55. The van der Waals surface area contributed by atoms with Crippen molar-refractivity contribution < 1.29 is 14.4 Å². The van der Waals surface area contributed by atoms with E-state index in [4.69, 9.17) is 5.73 Å². The Morgan fingerprint density at radius 2 is 1.43 bits per heavy atom. The zero-order valence-electron chi connectivity index (χ0n) is 17.1. The minimum Gasteiger partial charge on any atom is -0.368 e. The molecule has 1 atom stereocenters. The number of carbonyl (C=O) groups is 3. The first-order chi connectivity index (χ1) is 14.5. The molecule has 4 amide bonds. The maximum Gasteiger partial charge on any atom is 0.320 e. The van der Waals surface area contributed by atoms with Gasteiger partial charge in [-0.05, 0) is 31.4 Å². The van der Waals surface area contributed by atoms with E-state index < -0.39 is 11.9 Å². The van der Waals surface area contributed by atoms with Gasteiger partial charge in [-0.1, -0.05) is 18.2 Å². The van der Waals surface area contributed by atoms with Crippen molar-refractivity contribution in [3.63, 3.8) is 0 Å². The number of anilines is 1. The van der Waals surface area contributed by atoms with Crippen LogP contribution in [0.25, 0.3) is 0 Å². The molecule has 0 unspecified atom stereocenters. The van der Waals surface area contributed by atoms with Gasteiger partial charge < -0.3 is 20.4 Å². The molecule has 4 rings (SSSR count). The number of primary amides is 1. The average molecular weight is 412 g/mol. The summed E-state index contributed by atoms with van der Waals surface area (Å²) < 4.78 is 0. The molecule has 0 saturated carbocycles. The number of para-hydroxylation sites is 1. The number of rotatable bonds is 3. The Morgan fingerprint density at radius 1 is 0.833 bits per heavy atom. The Balaban J connectivity index is 1.39. The van der Waals surface area contributed by atoms with Gasteiger partial charge in [0.05, 0.1) is 5.69 Å². The minimum absolute atomic E-state index is 0.0732. The Labute approximate surface area is 176 Å². The molecule has 2 N–H and O–H groups in total. The van der Waals surface area contributed by atoms with E-state index in [2.05, 4.69) is 5.10 Å². The summed E-state index contributed by atoms with van der Waals surface area (Å²) >= 11 is 0. The Kier molecular flexibility index (Phi) is 5.87. The highest BCUT2D eigenvalue weighted by molar-refractivity contribution is 6.40. The van der Waals surface area contributed by atoms with Gasteiger partial charge in [0.25, 0.3) is 5.91 Å². The fraction of sp³-hybridized carbons (Fsp3) is 0.524. The van der Waals surface area contributed by atoms with E-state index in [0.717, 1.165) is 31.6 Å². The minimum atomic E-state index is -0.673. The van der Waals surface area contributed by atoms with Gasteiger partial charge in [-0.3, -0.25) is 14.6 Å². The molecule has 1 aromatic rings. The Morgan fingerprint density at radius 3 is 2.07 bits per heavy atom. The van der Waals surface area contributed by atoms with Crippen LogP contribution < -0.4 is 10.7 Å². The van der Waals surface area contributed by atoms with Crippen molar-refractivity contribution in [1.82, 2.24) is 14.7 Å². The number of urea groups is 1. The van der Waals surface area contributed by atoms with Gasteiger partial charge >= 0.3 is 6.03 Å². The van der Waals surface area contributed by atoms with Gasteiger partial charge in [-0.15, -0.1) is 0 Å². The molecular formula is C21H28N6O3. The van der Waals surface area contributed by atoms with Crippen molar-refractivity contribution in [2.24, 2.45) is 10.8 Å². The fourth-order valence-electron chi connectivity index (χ4n) is 4.25. The molecule has 2 fully saturated rings. The first kappa shape index (κ1) is 20.2. The molecular weight excluding hydrogens is 384 g/mol. The van der Waals surface area contributed by atoms with Crippen molar-refractivity contribution in [3.05, 3.63) is 30.3 Å². The van der Waals surface area contributed by atoms with E-state index in [-0.39, 0.29) is 18.4 Å². The normalized spacial score (nSPS) is 22.1. The van der Waals surface area contributed by atoms with Crippen molar-refractivity contribution in [2.75, 3.05) is 44.3 Å². The number of nitrogens with two attached hydrogens (primary N) is 1. The van der Waals surface area contributed by atoms with E-state index in [1.165, 1.54) is 11.4 Å². The molecule has 9 nitrogen and oxygen atoms in total. The first-order valence-corrected chi connectivity index (χ1v) is 10.6. The third-order valence-electron chi connectivity index (χ3n) is 5.97. The van der Waals surface area contributed by atoms with Crippen molar-refractivity contribution in [1.29, 1.82) is 0 Å². The van der Waals surface area contributed by atoms with Crippen molar-refractivity contribution in [2.45, 2.75) is 31.7 Å². The van der Waals surface area contributed by atoms with Gasteiger partial charge in [-0.25, -0.2) is 4.79 Å². The number of hydrogen-bond donors (Lipinski definition) is 1. The van der Waals surface area contributed by atoms with Gasteiger partial charge in [0.15, 0.2) is 0 Å². The summed E-state index contributed by atoms with van der Waals surface area (Å²) in [7, 11) is 0. The maximum absolute atomic E-state index is 13.0. The second-order valence-electron chi connectivity index (χ2n) is 7.96. The van der Waals surface area contributed by atoms with Crippen LogP contribution in [0.15, 0.2) is 35.4 Å². The van der Waals surface area contributed by atoms with Crippen LogP contribution in [-0.2, 0) is 9.59 Å². The summed E-state index contributed by atoms with van der Waals surface area (Å²) in [5, 5.41) is 5.97. The third kappa shape index (κ3) is 4.10. The molecule has 3 aliphatic heterocycles. The van der Waals surface area contributed by atoms with Gasteiger partial charge in [0.1, 0.15) is 11.8 Å². The number of likely N-dealkylation sites (tertiary alicyclic amines) is 1. The quantitative estimate of drug-likeness (QED) is 0.795. The largest absolute Gasteiger partial charge is 0.368 e. The van der Waals surface area contributed by atoms with Crippen LogP contribution in [0.5, 0.6) is 0 Å². The number of benzene rings is 1.